The van der Waals surface area contributed by atoms with Crippen LogP contribution in [0.25, 0.3) is 21.5 Å². The van der Waals surface area contributed by atoms with Gasteiger partial charge < -0.3 is 9.30 Å². The molecule has 0 atom stereocenters. The lowest BCUT2D eigenvalue weighted by molar-refractivity contribution is -0.383. The molecule has 0 N–H and O–H groups in total. The zero-order valence-electron chi connectivity index (χ0n) is 15.9. The van der Waals surface area contributed by atoms with Gasteiger partial charge in [-0.15, -0.1) is 11.3 Å². The van der Waals surface area contributed by atoms with Crippen molar-refractivity contribution in [3.63, 3.8) is 0 Å². The Kier molecular flexibility index (Phi) is 5.01. The number of benzene rings is 1. The highest BCUT2D eigenvalue weighted by atomic mass is 32.1. The van der Waals surface area contributed by atoms with Crippen LogP contribution in [0.2, 0.25) is 0 Å². The zero-order valence-corrected chi connectivity index (χ0v) is 16.7. The number of fused-ring (bicyclic) bond motifs is 1. The summed E-state index contributed by atoms with van der Waals surface area (Å²) in [7, 11) is 0. The number of hydrogen-bond donors (Lipinski definition) is 0. The fraction of sp³-hybridized carbons (Fsp3) is 0.368. The van der Waals surface area contributed by atoms with E-state index in [0.29, 0.717) is 27.6 Å². The van der Waals surface area contributed by atoms with Crippen molar-refractivity contribution in [2.75, 3.05) is 6.61 Å². The summed E-state index contributed by atoms with van der Waals surface area (Å²) in [6, 6.07) is 3.84. The van der Waals surface area contributed by atoms with Gasteiger partial charge in [-0.3, -0.25) is 10.1 Å². The molecular formula is C19H21N3O4S. The summed E-state index contributed by atoms with van der Waals surface area (Å²) in [6.07, 6.45) is 1.59. The molecule has 0 spiro atoms. The lowest BCUT2D eigenvalue weighted by Gasteiger charge is -2.11. The Morgan fingerprint density at radius 2 is 2.07 bits per heavy atom. The highest BCUT2D eigenvalue weighted by Gasteiger charge is 2.23. The molecule has 1 aromatic carbocycles. The number of nitrogens with zero attached hydrogens (tertiary/aromatic N) is 3. The van der Waals surface area contributed by atoms with Gasteiger partial charge in [0.25, 0.3) is 5.69 Å². The average molecular weight is 387 g/mol. The predicted octanol–water partition coefficient (Wildman–Crippen LogP) is 5.05. The van der Waals surface area contributed by atoms with Gasteiger partial charge >= 0.3 is 5.97 Å². The fourth-order valence-electron chi connectivity index (χ4n) is 3.17. The lowest BCUT2D eigenvalue weighted by atomic mass is 10.1. The number of ether oxygens (including phenoxy) is 1. The second-order valence-corrected chi connectivity index (χ2v) is 7.61. The molecule has 27 heavy (non-hydrogen) atoms. The van der Waals surface area contributed by atoms with Gasteiger partial charge in [-0.1, -0.05) is 0 Å². The molecule has 0 aliphatic carbocycles. The van der Waals surface area contributed by atoms with Crippen LogP contribution in [0.1, 0.15) is 47.7 Å². The van der Waals surface area contributed by atoms with Gasteiger partial charge in [-0.05, 0) is 52.3 Å². The Morgan fingerprint density at radius 1 is 1.37 bits per heavy atom. The van der Waals surface area contributed by atoms with E-state index in [9.17, 15) is 14.9 Å². The molecule has 142 valence electrons. The van der Waals surface area contributed by atoms with E-state index in [1.165, 1.54) is 11.3 Å². The van der Waals surface area contributed by atoms with E-state index in [1.54, 1.807) is 26.1 Å². The van der Waals surface area contributed by atoms with E-state index in [4.69, 9.17) is 4.74 Å². The second kappa shape index (κ2) is 7.11. The molecule has 0 unspecified atom stereocenters. The summed E-state index contributed by atoms with van der Waals surface area (Å²) in [5.74, 6) is -0.395. The number of carbonyl (C=O) groups excluding carboxylic acids is 1. The molecule has 0 bridgehead atoms. The fourth-order valence-corrected chi connectivity index (χ4v) is 4.11. The van der Waals surface area contributed by atoms with Crippen molar-refractivity contribution in [2.24, 2.45) is 0 Å². The van der Waals surface area contributed by atoms with Crippen LogP contribution in [0.5, 0.6) is 0 Å². The zero-order chi connectivity index (χ0) is 19.9. The minimum absolute atomic E-state index is 0.0718. The molecular weight excluding hydrogens is 366 g/mol. The Balaban J connectivity index is 2.20. The van der Waals surface area contributed by atoms with Crippen molar-refractivity contribution in [2.45, 2.75) is 40.7 Å². The van der Waals surface area contributed by atoms with E-state index in [0.717, 1.165) is 16.6 Å². The molecule has 0 saturated heterocycles. The molecule has 0 fully saturated rings. The number of aromatic nitrogens is 2. The number of aryl methyl sites for hydroxylation is 2. The second-order valence-electron chi connectivity index (χ2n) is 6.62. The molecule has 0 aliphatic heterocycles. The van der Waals surface area contributed by atoms with Crippen LogP contribution >= 0.6 is 11.3 Å². The van der Waals surface area contributed by atoms with E-state index < -0.39 is 5.97 Å². The van der Waals surface area contributed by atoms with Crippen molar-refractivity contribution >= 4 is 33.9 Å². The first-order chi connectivity index (χ1) is 12.7. The average Bonchev–Trinajstić information content (AvgIpc) is 3.16. The summed E-state index contributed by atoms with van der Waals surface area (Å²) < 4.78 is 6.99. The van der Waals surface area contributed by atoms with Crippen LogP contribution in [0.15, 0.2) is 18.3 Å². The quantitative estimate of drug-likeness (QED) is 0.347. The minimum atomic E-state index is -0.395. The van der Waals surface area contributed by atoms with E-state index >= 15 is 0 Å². The summed E-state index contributed by atoms with van der Waals surface area (Å²) in [4.78, 5) is 28.2. The molecule has 0 amide bonds. The first-order valence-electron chi connectivity index (χ1n) is 8.69. The summed E-state index contributed by atoms with van der Waals surface area (Å²) in [5, 5.41) is 12.8. The number of thiazole rings is 1. The maximum Gasteiger partial charge on any atom is 0.350 e. The highest BCUT2D eigenvalue weighted by Crippen LogP contribution is 2.37. The Labute approximate surface area is 160 Å². The lowest BCUT2D eigenvalue weighted by Crippen LogP contribution is -2.03. The Morgan fingerprint density at radius 3 is 2.67 bits per heavy atom. The van der Waals surface area contributed by atoms with Gasteiger partial charge in [0.1, 0.15) is 9.88 Å². The van der Waals surface area contributed by atoms with Crippen LogP contribution in [-0.4, -0.2) is 27.1 Å². The number of hydrogen-bond acceptors (Lipinski definition) is 6. The van der Waals surface area contributed by atoms with Crippen LogP contribution < -0.4 is 0 Å². The Hall–Kier alpha value is -2.74. The first kappa shape index (κ1) is 19.0. The van der Waals surface area contributed by atoms with Gasteiger partial charge in [0.2, 0.25) is 0 Å². The summed E-state index contributed by atoms with van der Waals surface area (Å²) in [6.45, 7) is 9.73. The van der Waals surface area contributed by atoms with Crippen LogP contribution in [0, 0.1) is 24.0 Å². The van der Waals surface area contributed by atoms with Gasteiger partial charge in [-0.2, -0.15) is 0 Å². The number of esters is 1. The van der Waals surface area contributed by atoms with Gasteiger partial charge in [0, 0.05) is 11.6 Å². The maximum absolute atomic E-state index is 12.1. The number of carbonyl (C=O) groups is 1. The molecule has 3 aromatic rings. The molecule has 8 heteroatoms. The maximum atomic E-state index is 12.1. The first-order valence-corrected chi connectivity index (χ1v) is 9.50. The third-order valence-electron chi connectivity index (χ3n) is 4.35. The van der Waals surface area contributed by atoms with Crippen molar-refractivity contribution < 1.29 is 14.5 Å². The van der Waals surface area contributed by atoms with Crippen molar-refractivity contribution in [1.82, 2.24) is 9.55 Å². The van der Waals surface area contributed by atoms with Crippen LogP contribution in [0.4, 0.5) is 5.69 Å². The minimum Gasteiger partial charge on any atom is -0.462 e. The SMILES string of the molecule is CCOC(=O)c1sc(-c2cc(C)c3c(c2)c([N+](=O)[O-])cn3C(C)C)nc1C. The molecule has 0 radical (unpaired) electrons. The molecule has 2 aromatic heterocycles. The number of rotatable bonds is 5. The van der Waals surface area contributed by atoms with E-state index in [-0.39, 0.29) is 16.7 Å². The highest BCUT2D eigenvalue weighted by molar-refractivity contribution is 7.17. The standard InChI is InChI=1S/C19H21N3O4S/c1-6-26-19(23)17-12(5)20-18(27-17)13-7-11(4)16-14(8-13)15(22(24)25)9-21(16)10(2)3/h7-10H,6H2,1-5H3. The van der Waals surface area contributed by atoms with Gasteiger partial charge in [0.05, 0.1) is 34.3 Å². The third-order valence-corrected chi connectivity index (χ3v) is 5.54. The Bertz CT molecular complexity index is 1050. The van der Waals surface area contributed by atoms with Crippen molar-refractivity contribution in [3.05, 3.63) is 44.6 Å². The monoisotopic (exact) mass is 387 g/mol. The molecule has 3 rings (SSSR count). The van der Waals surface area contributed by atoms with Crippen LogP contribution in [-0.2, 0) is 4.74 Å². The smallest absolute Gasteiger partial charge is 0.350 e. The summed E-state index contributed by atoms with van der Waals surface area (Å²) >= 11 is 1.24. The van der Waals surface area contributed by atoms with Crippen LogP contribution in [0.3, 0.4) is 0 Å². The molecule has 2 heterocycles. The third kappa shape index (κ3) is 3.32. The van der Waals surface area contributed by atoms with Crippen molar-refractivity contribution in [3.8, 4) is 10.6 Å². The topological polar surface area (TPSA) is 87.3 Å². The molecule has 0 aliphatic rings. The van der Waals surface area contributed by atoms with E-state index in [1.807, 2.05) is 31.4 Å². The predicted molar refractivity (Wildman–Crippen MR) is 106 cm³/mol. The summed E-state index contributed by atoms with van der Waals surface area (Å²) in [5.41, 5.74) is 3.20. The largest absolute Gasteiger partial charge is 0.462 e. The van der Waals surface area contributed by atoms with E-state index in [2.05, 4.69) is 4.98 Å². The van der Waals surface area contributed by atoms with Gasteiger partial charge in [-0.25, -0.2) is 9.78 Å². The number of nitro groups is 1. The normalized spacial score (nSPS) is 11.3. The van der Waals surface area contributed by atoms with Gasteiger partial charge in [0.15, 0.2) is 0 Å². The molecule has 7 nitrogen and oxygen atoms in total. The molecule has 0 saturated carbocycles. The van der Waals surface area contributed by atoms with Crippen molar-refractivity contribution in [1.29, 1.82) is 0 Å².